The van der Waals surface area contributed by atoms with Crippen molar-refractivity contribution >= 4 is 0 Å². The molecule has 0 unspecified atom stereocenters. The molecule has 0 fully saturated rings. The molecule has 0 aliphatic carbocycles. The first-order chi connectivity index (χ1) is 10.5. The quantitative estimate of drug-likeness (QED) is 0.580. The van der Waals surface area contributed by atoms with Crippen molar-refractivity contribution in [2.45, 2.75) is 32.5 Å². The molecule has 0 aliphatic rings. The van der Waals surface area contributed by atoms with Gasteiger partial charge in [0.1, 0.15) is 5.75 Å². The third-order valence-electron chi connectivity index (χ3n) is 3.37. The Morgan fingerprint density at radius 2 is 1.91 bits per heavy atom. The number of halogens is 3. The van der Waals surface area contributed by atoms with Crippen LogP contribution < -0.4 is 9.30 Å². The predicted octanol–water partition coefficient (Wildman–Crippen LogP) is 4.02. The predicted molar refractivity (Wildman–Crippen MR) is 77.6 cm³/mol. The second kappa shape index (κ2) is 7.29. The van der Waals surface area contributed by atoms with Gasteiger partial charge >= 0.3 is 6.18 Å². The Balaban J connectivity index is 1.87. The number of pyridine rings is 1. The lowest BCUT2D eigenvalue weighted by Gasteiger charge is -2.10. The third kappa shape index (κ3) is 4.48. The van der Waals surface area contributed by atoms with Gasteiger partial charge in [0, 0.05) is 25.0 Å². The van der Waals surface area contributed by atoms with Crippen LogP contribution in [0.15, 0.2) is 48.7 Å². The Labute approximate surface area is 128 Å². The van der Waals surface area contributed by atoms with Gasteiger partial charge in [-0.15, -0.1) is 0 Å². The Kier molecular flexibility index (Phi) is 5.41. The van der Waals surface area contributed by atoms with Crippen molar-refractivity contribution in [3.05, 3.63) is 59.9 Å². The van der Waals surface area contributed by atoms with E-state index in [1.165, 1.54) is 11.8 Å². The minimum Gasteiger partial charge on any atom is -0.493 e. The SMILES string of the molecule is CCc1cccc[n+]1CCCOc1cccc(C(F)(F)F)c1. The second-order valence-electron chi connectivity index (χ2n) is 4.97. The minimum atomic E-state index is -4.34. The summed E-state index contributed by atoms with van der Waals surface area (Å²) in [5.41, 5.74) is 0.539. The zero-order chi connectivity index (χ0) is 16.0. The number of hydrogen-bond acceptors (Lipinski definition) is 1. The molecule has 0 aliphatic heterocycles. The zero-order valence-corrected chi connectivity index (χ0v) is 12.4. The molecule has 0 bridgehead atoms. The highest BCUT2D eigenvalue weighted by Crippen LogP contribution is 2.31. The largest absolute Gasteiger partial charge is 0.493 e. The first-order valence-electron chi connectivity index (χ1n) is 7.28. The standard InChI is InChI=1S/C17H19F3NO/c1-2-15-8-3-4-10-21(15)11-6-12-22-16-9-5-7-14(13-16)17(18,19)20/h3-5,7-10,13H,2,6,11-12H2,1H3/q+1. The second-order valence-corrected chi connectivity index (χ2v) is 4.97. The highest BCUT2D eigenvalue weighted by molar-refractivity contribution is 5.30. The first-order valence-corrected chi connectivity index (χ1v) is 7.28. The fraction of sp³-hybridized carbons (Fsp3) is 0.353. The maximum Gasteiger partial charge on any atom is 0.416 e. The number of ether oxygens (including phenoxy) is 1. The molecule has 0 saturated heterocycles. The fourth-order valence-electron chi connectivity index (χ4n) is 2.24. The maximum atomic E-state index is 12.6. The van der Waals surface area contributed by atoms with Crippen LogP contribution in [0.1, 0.15) is 24.6 Å². The Morgan fingerprint density at radius 3 is 2.64 bits per heavy atom. The maximum absolute atomic E-state index is 12.6. The van der Waals surface area contributed by atoms with Crippen LogP contribution >= 0.6 is 0 Å². The van der Waals surface area contributed by atoms with E-state index in [0.29, 0.717) is 6.61 Å². The molecular weight excluding hydrogens is 291 g/mol. The molecule has 2 rings (SSSR count). The molecule has 0 atom stereocenters. The summed E-state index contributed by atoms with van der Waals surface area (Å²) in [5, 5.41) is 0. The molecule has 0 spiro atoms. The monoisotopic (exact) mass is 310 g/mol. The van der Waals surface area contributed by atoms with Crippen LogP contribution in [0.5, 0.6) is 5.75 Å². The topological polar surface area (TPSA) is 13.1 Å². The average molecular weight is 310 g/mol. The summed E-state index contributed by atoms with van der Waals surface area (Å²) in [7, 11) is 0. The summed E-state index contributed by atoms with van der Waals surface area (Å²) in [6.45, 7) is 3.25. The zero-order valence-electron chi connectivity index (χ0n) is 12.4. The number of hydrogen-bond donors (Lipinski definition) is 0. The van der Waals surface area contributed by atoms with Crippen LogP contribution in [0.4, 0.5) is 13.2 Å². The molecule has 1 heterocycles. The molecule has 2 nitrogen and oxygen atoms in total. The van der Waals surface area contributed by atoms with Gasteiger partial charge in [-0.25, -0.2) is 4.57 Å². The van der Waals surface area contributed by atoms with Gasteiger partial charge in [-0.1, -0.05) is 19.1 Å². The molecule has 2 aromatic rings. The number of benzene rings is 1. The molecule has 0 saturated carbocycles. The van der Waals surface area contributed by atoms with E-state index in [9.17, 15) is 13.2 Å². The van der Waals surface area contributed by atoms with E-state index in [-0.39, 0.29) is 5.75 Å². The van der Waals surface area contributed by atoms with Crippen molar-refractivity contribution in [1.82, 2.24) is 0 Å². The number of rotatable bonds is 6. The number of alkyl halides is 3. The molecule has 0 amide bonds. The van der Waals surface area contributed by atoms with Crippen molar-refractivity contribution in [3.8, 4) is 5.75 Å². The van der Waals surface area contributed by atoms with Gasteiger partial charge in [-0.2, -0.15) is 13.2 Å². The van der Waals surface area contributed by atoms with Crippen LogP contribution in [0.3, 0.4) is 0 Å². The van der Waals surface area contributed by atoms with Gasteiger partial charge in [-0.3, -0.25) is 0 Å². The first kappa shape index (κ1) is 16.3. The van der Waals surface area contributed by atoms with Crippen molar-refractivity contribution in [2.24, 2.45) is 0 Å². The summed E-state index contributed by atoms with van der Waals surface area (Å²) >= 11 is 0. The van der Waals surface area contributed by atoms with E-state index in [4.69, 9.17) is 4.74 Å². The molecular formula is C17H19F3NO+. The van der Waals surface area contributed by atoms with Crippen molar-refractivity contribution < 1.29 is 22.5 Å². The average Bonchev–Trinajstić information content (AvgIpc) is 2.51. The summed E-state index contributed by atoms with van der Waals surface area (Å²) in [4.78, 5) is 0. The summed E-state index contributed by atoms with van der Waals surface area (Å²) in [6.07, 6.45) is -0.661. The lowest BCUT2D eigenvalue weighted by molar-refractivity contribution is -0.704. The van der Waals surface area contributed by atoms with Crippen LogP contribution in [0.25, 0.3) is 0 Å². The highest BCUT2D eigenvalue weighted by atomic mass is 19.4. The van der Waals surface area contributed by atoms with Gasteiger partial charge in [0.25, 0.3) is 0 Å². The van der Waals surface area contributed by atoms with E-state index < -0.39 is 11.7 Å². The van der Waals surface area contributed by atoms with E-state index in [1.807, 2.05) is 18.3 Å². The summed E-state index contributed by atoms with van der Waals surface area (Å²) in [5.74, 6) is 0.253. The molecule has 0 radical (unpaired) electrons. The van der Waals surface area contributed by atoms with Crippen molar-refractivity contribution in [3.63, 3.8) is 0 Å². The Hall–Kier alpha value is -2.04. The van der Waals surface area contributed by atoms with E-state index in [0.717, 1.165) is 31.5 Å². The molecule has 5 heteroatoms. The van der Waals surface area contributed by atoms with Gasteiger partial charge in [0.2, 0.25) is 0 Å². The Morgan fingerprint density at radius 1 is 1.09 bits per heavy atom. The van der Waals surface area contributed by atoms with Crippen LogP contribution in [-0.4, -0.2) is 6.61 Å². The van der Waals surface area contributed by atoms with Gasteiger partial charge in [0.05, 0.1) is 12.2 Å². The molecule has 0 N–H and O–H groups in total. The van der Waals surface area contributed by atoms with Crippen LogP contribution in [0, 0.1) is 0 Å². The normalized spacial score (nSPS) is 11.5. The summed E-state index contributed by atoms with van der Waals surface area (Å²) < 4.78 is 45.4. The third-order valence-corrected chi connectivity index (χ3v) is 3.37. The van der Waals surface area contributed by atoms with Gasteiger partial charge < -0.3 is 4.74 Å². The number of aryl methyl sites for hydroxylation is 2. The minimum absolute atomic E-state index is 0.253. The van der Waals surface area contributed by atoms with Gasteiger partial charge in [0.15, 0.2) is 18.4 Å². The van der Waals surface area contributed by atoms with Gasteiger partial charge in [-0.05, 0) is 18.2 Å². The molecule has 1 aromatic carbocycles. The fourth-order valence-corrected chi connectivity index (χ4v) is 2.24. The lowest BCUT2D eigenvalue weighted by atomic mass is 10.2. The Bertz CT molecular complexity index is 611. The molecule has 22 heavy (non-hydrogen) atoms. The van der Waals surface area contributed by atoms with Crippen LogP contribution in [-0.2, 0) is 19.1 Å². The summed E-state index contributed by atoms with van der Waals surface area (Å²) in [6, 6.07) is 11.0. The molecule has 118 valence electrons. The lowest BCUT2D eigenvalue weighted by Crippen LogP contribution is -2.38. The van der Waals surface area contributed by atoms with Crippen molar-refractivity contribution in [2.75, 3.05) is 6.61 Å². The molecule has 1 aromatic heterocycles. The van der Waals surface area contributed by atoms with E-state index >= 15 is 0 Å². The smallest absolute Gasteiger partial charge is 0.416 e. The van der Waals surface area contributed by atoms with E-state index in [1.54, 1.807) is 6.07 Å². The van der Waals surface area contributed by atoms with Crippen molar-refractivity contribution in [1.29, 1.82) is 0 Å². The van der Waals surface area contributed by atoms with Crippen LogP contribution in [0.2, 0.25) is 0 Å². The van der Waals surface area contributed by atoms with E-state index in [2.05, 4.69) is 17.6 Å². The highest BCUT2D eigenvalue weighted by Gasteiger charge is 2.30. The number of aromatic nitrogens is 1. The number of nitrogens with zero attached hydrogens (tertiary/aromatic N) is 1.